The molecule has 1 N–H and O–H groups in total. The van der Waals surface area contributed by atoms with Crippen molar-refractivity contribution in [3.63, 3.8) is 0 Å². The number of nitrogens with one attached hydrogen (secondary N) is 1. The Labute approximate surface area is 89.8 Å². The van der Waals surface area contributed by atoms with E-state index in [1.807, 2.05) is 0 Å². The smallest absolute Gasteiger partial charge is 0.0422 e. The van der Waals surface area contributed by atoms with Crippen LogP contribution >= 0.6 is 0 Å². The third kappa shape index (κ3) is 1.23. The quantitative estimate of drug-likeness (QED) is 0.677. The van der Waals surface area contributed by atoms with Gasteiger partial charge in [-0.05, 0) is 29.7 Å². The summed E-state index contributed by atoms with van der Waals surface area (Å²) in [6, 6.07) is 15.0. The Bertz CT molecular complexity index is 514. The maximum Gasteiger partial charge on any atom is 0.0422 e. The van der Waals surface area contributed by atoms with E-state index in [4.69, 9.17) is 0 Å². The molecule has 0 amide bonds. The van der Waals surface area contributed by atoms with Crippen molar-refractivity contribution in [2.75, 3.05) is 5.32 Å². The summed E-state index contributed by atoms with van der Waals surface area (Å²) in [7, 11) is 0. The molecule has 0 bridgehead atoms. The van der Waals surface area contributed by atoms with Crippen LogP contribution in [0, 0.1) is 6.92 Å². The van der Waals surface area contributed by atoms with E-state index in [9.17, 15) is 0 Å². The lowest BCUT2D eigenvalue weighted by atomic mass is 9.91. The molecule has 0 aliphatic carbocycles. The van der Waals surface area contributed by atoms with Gasteiger partial charge in [-0.15, -0.1) is 0 Å². The summed E-state index contributed by atoms with van der Waals surface area (Å²) in [5, 5.41) is 3.45. The van der Waals surface area contributed by atoms with Crippen molar-refractivity contribution in [1.82, 2.24) is 0 Å². The Kier molecular flexibility index (Phi) is 1.78. The second kappa shape index (κ2) is 3.13. The molecule has 0 atom stereocenters. The third-order valence-electron chi connectivity index (χ3n) is 3.02. The lowest BCUT2D eigenvalue weighted by Gasteiger charge is -2.22. The van der Waals surface area contributed by atoms with Gasteiger partial charge in [-0.25, -0.2) is 0 Å². The summed E-state index contributed by atoms with van der Waals surface area (Å²) in [5.74, 6) is 0. The average Bonchev–Trinajstić information content (AvgIpc) is 2.29. The molecular weight excluding hydrogens is 182 g/mol. The molecule has 2 aromatic rings. The molecule has 1 aliphatic heterocycles. The van der Waals surface area contributed by atoms with Crippen LogP contribution in [0.2, 0.25) is 0 Å². The minimum absolute atomic E-state index is 0.939. The van der Waals surface area contributed by atoms with Crippen LogP contribution in [0.4, 0.5) is 5.69 Å². The number of rotatable bonds is 0. The molecule has 0 fully saturated rings. The number of anilines is 1. The van der Waals surface area contributed by atoms with Gasteiger partial charge in [0.25, 0.3) is 0 Å². The van der Waals surface area contributed by atoms with Crippen molar-refractivity contribution in [3.05, 3.63) is 53.6 Å². The lowest BCUT2D eigenvalue weighted by Crippen LogP contribution is -2.09. The summed E-state index contributed by atoms with van der Waals surface area (Å²) >= 11 is 0. The summed E-state index contributed by atoms with van der Waals surface area (Å²) < 4.78 is 0. The molecule has 3 rings (SSSR count). The van der Waals surface area contributed by atoms with Gasteiger partial charge < -0.3 is 5.32 Å². The molecule has 1 aliphatic rings. The van der Waals surface area contributed by atoms with E-state index >= 15 is 0 Å². The molecule has 1 heteroatoms. The molecule has 74 valence electrons. The second-order valence-corrected chi connectivity index (χ2v) is 4.01. The van der Waals surface area contributed by atoms with Crippen molar-refractivity contribution >= 4 is 5.69 Å². The highest BCUT2D eigenvalue weighted by Crippen LogP contribution is 2.37. The topological polar surface area (TPSA) is 12.0 Å². The number of para-hydroxylation sites is 1. The maximum atomic E-state index is 3.45. The molecule has 0 saturated carbocycles. The summed E-state index contributed by atoms with van der Waals surface area (Å²) in [5.41, 5.74) is 6.75. The molecule has 2 aromatic carbocycles. The van der Waals surface area contributed by atoms with Gasteiger partial charge in [0.05, 0.1) is 0 Å². The Balaban J connectivity index is 2.33. The molecule has 0 saturated heterocycles. The first kappa shape index (κ1) is 8.54. The van der Waals surface area contributed by atoms with E-state index in [1.54, 1.807) is 0 Å². The van der Waals surface area contributed by atoms with Crippen LogP contribution in [0.15, 0.2) is 42.5 Å². The Morgan fingerprint density at radius 2 is 1.87 bits per heavy atom. The molecule has 0 spiro atoms. The monoisotopic (exact) mass is 195 g/mol. The minimum Gasteiger partial charge on any atom is -0.380 e. The van der Waals surface area contributed by atoms with Crippen LogP contribution in [-0.4, -0.2) is 0 Å². The van der Waals surface area contributed by atoms with Gasteiger partial charge in [0, 0.05) is 17.8 Å². The predicted molar refractivity (Wildman–Crippen MR) is 63.9 cm³/mol. The molecule has 1 heterocycles. The normalized spacial score (nSPS) is 12.6. The van der Waals surface area contributed by atoms with E-state index in [0.29, 0.717) is 0 Å². The number of benzene rings is 2. The largest absolute Gasteiger partial charge is 0.380 e. The SMILES string of the molecule is Cc1cccc2c1-c1ccccc1NC2. The van der Waals surface area contributed by atoms with Gasteiger partial charge in [0.2, 0.25) is 0 Å². The van der Waals surface area contributed by atoms with Crippen LogP contribution in [0.1, 0.15) is 11.1 Å². The Hall–Kier alpha value is -1.76. The zero-order chi connectivity index (χ0) is 10.3. The van der Waals surface area contributed by atoms with Gasteiger partial charge >= 0.3 is 0 Å². The Morgan fingerprint density at radius 1 is 1.00 bits per heavy atom. The fraction of sp³-hybridized carbons (Fsp3) is 0.143. The van der Waals surface area contributed by atoms with Crippen molar-refractivity contribution in [3.8, 4) is 11.1 Å². The van der Waals surface area contributed by atoms with Gasteiger partial charge in [0.1, 0.15) is 0 Å². The second-order valence-electron chi connectivity index (χ2n) is 4.01. The van der Waals surface area contributed by atoms with E-state index in [-0.39, 0.29) is 0 Å². The fourth-order valence-electron chi connectivity index (χ4n) is 2.31. The van der Waals surface area contributed by atoms with Gasteiger partial charge in [0.15, 0.2) is 0 Å². The standard InChI is InChI=1S/C14H13N/c1-10-5-4-6-11-9-15-13-8-3-2-7-12(13)14(10)11/h2-8,15H,9H2,1H3. The van der Waals surface area contributed by atoms with Crippen LogP contribution in [0.3, 0.4) is 0 Å². The third-order valence-corrected chi connectivity index (χ3v) is 3.02. The Morgan fingerprint density at radius 3 is 2.80 bits per heavy atom. The zero-order valence-electron chi connectivity index (χ0n) is 8.75. The summed E-state index contributed by atoms with van der Waals surface area (Å²) in [6.45, 7) is 3.12. The van der Waals surface area contributed by atoms with Crippen LogP contribution in [0.25, 0.3) is 11.1 Å². The highest BCUT2D eigenvalue weighted by atomic mass is 14.9. The number of aryl methyl sites for hydroxylation is 1. The number of fused-ring (bicyclic) bond motifs is 3. The highest BCUT2D eigenvalue weighted by Gasteiger charge is 2.15. The first-order valence-electron chi connectivity index (χ1n) is 5.28. The summed E-state index contributed by atoms with van der Waals surface area (Å²) in [4.78, 5) is 0. The molecule has 1 nitrogen and oxygen atoms in total. The van der Waals surface area contributed by atoms with Crippen molar-refractivity contribution < 1.29 is 0 Å². The van der Waals surface area contributed by atoms with Gasteiger partial charge in [-0.2, -0.15) is 0 Å². The minimum atomic E-state index is 0.939. The first-order chi connectivity index (χ1) is 7.36. The molecule has 0 unspecified atom stereocenters. The van der Waals surface area contributed by atoms with E-state index < -0.39 is 0 Å². The van der Waals surface area contributed by atoms with Crippen molar-refractivity contribution in [2.24, 2.45) is 0 Å². The van der Waals surface area contributed by atoms with E-state index in [1.165, 1.54) is 27.9 Å². The maximum absolute atomic E-state index is 3.45. The molecular formula is C14H13N. The van der Waals surface area contributed by atoms with E-state index in [2.05, 4.69) is 54.7 Å². The number of hydrogen-bond acceptors (Lipinski definition) is 1. The first-order valence-corrected chi connectivity index (χ1v) is 5.28. The van der Waals surface area contributed by atoms with Gasteiger partial charge in [-0.3, -0.25) is 0 Å². The van der Waals surface area contributed by atoms with E-state index in [0.717, 1.165) is 6.54 Å². The fourth-order valence-corrected chi connectivity index (χ4v) is 2.31. The average molecular weight is 195 g/mol. The molecule has 0 radical (unpaired) electrons. The van der Waals surface area contributed by atoms with Gasteiger partial charge in [-0.1, -0.05) is 36.4 Å². The molecule has 15 heavy (non-hydrogen) atoms. The number of hydrogen-bond donors (Lipinski definition) is 1. The molecule has 0 aromatic heterocycles. The summed E-state index contributed by atoms with van der Waals surface area (Å²) in [6.07, 6.45) is 0. The van der Waals surface area contributed by atoms with Crippen LogP contribution in [0.5, 0.6) is 0 Å². The van der Waals surface area contributed by atoms with Crippen molar-refractivity contribution in [2.45, 2.75) is 13.5 Å². The lowest BCUT2D eigenvalue weighted by molar-refractivity contribution is 1.12. The van der Waals surface area contributed by atoms with Crippen LogP contribution in [-0.2, 0) is 6.54 Å². The van der Waals surface area contributed by atoms with Crippen molar-refractivity contribution in [1.29, 1.82) is 0 Å². The van der Waals surface area contributed by atoms with Crippen LogP contribution < -0.4 is 5.32 Å². The highest BCUT2D eigenvalue weighted by molar-refractivity contribution is 5.84. The zero-order valence-corrected chi connectivity index (χ0v) is 8.75. The predicted octanol–water partition coefficient (Wildman–Crippen LogP) is 3.59.